The SMILES string of the molecule is Cc1cc2oc(=O)cc(C[NH+]3CCc4sccc4[C@@H]3C)c2cc1C. The molecular weight excluding hydrogens is 318 g/mol. The van der Waals surface area contributed by atoms with Gasteiger partial charge in [-0.2, -0.15) is 0 Å². The third kappa shape index (κ3) is 2.60. The van der Waals surface area contributed by atoms with Gasteiger partial charge in [0.05, 0.1) is 6.54 Å². The van der Waals surface area contributed by atoms with Crippen molar-refractivity contribution in [1.29, 1.82) is 0 Å². The summed E-state index contributed by atoms with van der Waals surface area (Å²) in [4.78, 5) is 15.0. The van der Waals surface area contributed by atoms with Gasteiger partial charge >= 0.3 is 5.63 Å². The van der Waals surface area contributed by atoms with Gasteiger partial charge in [-0.15, -0.1) is 11.3 Å². The summed E-state index contributed by atoms with van der Waals surface area (Å²) in [6, 6.07) is 8.55. The third-order valence-corrected chi connectivity index (χ3v) is 6.39. The van der Waals surface area contributed by atoms with E-state index in [0.29, 0.717) is 11.6 Å². The van der Waals surface area contributed by atoms with E-state index in [1.807, 2.05) is 17.4 Å². The lowest BCUT2D eigenvalue weighted by Gasteiger charge is -2.30. The predicted molar refractivity (Wildman–Crippen MR) is 97.9 cm³/mol. The molecule has 1 aliphatic rings. The number of aryl methyl sites for hydroxylation is 2. The van der Waals surface area contributed by atoms with Gasteiger partial charge in [-0.1, -0.05) is 0 Å². The quantitative estimate of drug-likeness (QED) is 0.727. The monoisotopic (exact) mass is 340 g/mol. The van der Waals surface area contributed by atoms with Crippen LogP contribution >= 0.6 is 11.3 Å². The fraction of sp³-hybridized carbons (Fsp3) is 0.350. The molecule has 0 saturated heterocycles. The summed E-state index contributed by atoms with van der Waals surface area (Å²) in [7, 11) is 0. The minimum atomic E-state index is -0.249. The molecule has 3 nitrogen and oxygen atoms in total. The highest BCUT2D eigenvalue weighted by molar-refractivity contribution is 7.10. The van der Waals surface area contributed by atoms with E-state index in [1.165, 1.54) is 20.9 Å². The molecule has 3 heterocycles. The van der Waals surface area contributed by atoms with Gasteiger partial charge in [-0.3, -0.25) is 0 Å². The minimum absolute atomic E-state index is 0.249. The maximum absolute atomic E-state index is 12.0. The zero-order valence-electron chi connectivity index (χ0n) is 14.3. The molecule has 0 spiro atoms. The van der Waals surface area contributed by atoms with Crippen LogP contribution in [-0.4, -0.2) is 6.54 Å². The zero-order chi connectivity index (χ0) is 16.8. The number of rotatable bonds is 2. The summed E-state index contributed by atoms with van der Waals surface area (Å²) in [5, 5.41) is 3.27. The summed E-state index contributed by atoms with van der Waals surface area (Å²) in [6.07, 6.45) is 1.13. The van der Waals surface area contributed by atoms with Gasteiger partial charge < -0.3 is 9.32 Å². The van der Waals surface area contributed by atoms with E-state index in [4.69, 9.17) is 4.42 Å². The molecule has 0 amide bonds. The van der Waals surface area contributed by atoms with Crippen molar-refractivity contribution >= 4 is 22.3 Å². The van der Waals surface area contributed by atoms with E-state index in [9.17, 15) is 4.79 Å². The van der Waals surface area contributed by atoms with E-state index in [1.54, 1.807) is 6.07 Å². The highest BCUT2D eigenvalue weighted by Crippen LogP contribution is 2.26. The zero-order valence-corrected chi connectivity index (χ0v) is 15.1. The molecule has 1 aromatic carbocycles. The van der Waals surface area contributed by atoms with Crippen molar-refractivity contribution in [3.8, 4) is 0 Å². The van der Waals surface area contributed by atoms with E-state index < -0.39 is 0 Å². The Morgan fingerprint density at radius 2 is 2.04 bits per heavy atom. The number of hydrogen-bond acceptors (Lipinski definition) is 3. The van der Waals surface area contributed by atoms with Gasteiger partial charge in [0.2, 0.25) is 0 Å². The molecule has 0 radical (unpaired) electrons. The lowest BCUT2D eigenvalue weighted by atomic mass is 9.99. The maximum atomic E-state index is 12.0. The molecule has 0 saturated carbocycles. The van der Waals surface area contributed by atoms with Gasteiger partial charge in [0, 0.05) is 33.9 Å². The van der Waals surface area contributed by atoms with Crippen LogP contribution in [0.4, 0.5) is 0 Å². The van der Waals surface area contributed by atoms with E-state index in [0.717, 1.165) is 36.0 Å². The molecule has 1 N–H and O–H groups in total. The molecule has 4 heteroatoms. The Kier molecular flexibility index (Phi) is 3.82. The molecule has 4 rings (SSSR count). The first-order chi connectivity index (χ1) is 11.5. The van der Waals surface area contributed by atoms with E-state index in [-0.39, 0.29) is 5.63 Å². The van der Waals surface area contributed by atoms with Crippen LogP contribution in [0.1, 0.15) is 40.1 Å². The second-order valence-corrected chi connectivity index (χ2v) is 7.88. The molecule has 24 heavy (non-hydrogen) atoms. The number of benzene rings is 1. The van der Waals surface area contributed by atoms with Crippen LogP contribution in [0.2, 0.25) is 0 Å². The van der Waals surface area contributed by atoms with Crippen LogP contribution in [0.5, 0.6) is 0 Å². The van der Waals surface area contributed by atoms with Gasteiger partial charge in [-0.25, -0.2) is 4.79 Å². The number of hydrogen-bond donors (Lipinski definition) is 1. The Morgan fingerprint density at radius 3 is 2.88 bits per heavy atom. The average molecular weight is 340 g/mol. The number of nitrogens with one attached hydrogen (secondary N) is 1. The Labute approximate surface area is 145 Å². The second kappa shape index (κ2) is 5.87. The summed E-state index contributed by atoms with van der Waals surface area (Å²) in [6.45, 7) is 8.43. The number of thiophene rings is 1. The lowest BCUT2D eigenvalue weighted by Crippen LogP contribution is -3.11. The molecule has 2 atom stereocenters. The number of quaternary nitrogens is 1. The van der Waals surface area contributed by atoms with E-state index in [2.05, 4.69) is 38.3 Å². The van der Waals surface area contributed by atoms with Gasteiger partial charge in [0.15, 0.2) is 0 Å². The van der Waals surface area contributed by atoms with Crippen molar-refractivity contribution in [3.05, 3.63) is 67.2 Å². The summed E-state index contributed by atoms with van der Waals surface area (Å²) >= 11 is 1.87. The molecule has 0 aliphatic carbocycles. The summed E-state index contributed by atoms with van der Waals surface area (Å²) in [5.41, 5.74) is 5.43. The van der Waals surface area contributed by atoms with Crippen molar-refractivity contribution in [3.63, 3.8) is 0 Å². The Balaban J connectivity index is 1.75. The van der Waals surface area contributed by atoms with Crippen LogP contribution in [0.3, 0.4) is 0 Å². The van der Waals surface area contributed by atoms with Crippen molar-refractivity contribution in [2.24, 2.45) is 0 Å². The predicted octanol–water partition coefficient (Wildman–Crippen LogP) is 3.17. The average Bonchev–Trinajstić information content (AvgIpc) is 3.01. The first kappa shape index (κ1) is 15.6. The van der Waals surface area contributed by atoms with Crippen molar-refractivity contribution in [2.45, 2.75) is 39.8 Å². The normalized spacial score (nSPS) is 20.3. The molecule has 0 fully saturated rings. The molecule has 1 aliphatic heterocycles. The molecule has 1 unspecified atom stereocenters. The van der Waals surface area contributed by atoms with Gasteiger partial charge in [0.25, 0.3) is 0 Å². The first-order valence-corrected chi connectivity index (χ1v) is 9.35. The Bertz CT molecular complexity index is 969. The lowest BCUT2D eigenvalue weighted by molar-refractivity contribution is -0.945. The largest absolute Gasteiger partial charge is 0.423 e. The summed E-state index contributed by atoms with van der Waals surface area (Å²) in [5.74, 6) is 0. The van der Waals surface area contributed by atoms with Crippen LogP contribution in [-0.2, 0) is 13.0 Å². The standard InChI is InChI=1S/C20H21NO2S/c1-12-8-17-15(10-20(22)23-18(17)9-13(12)2)11-21-6-4-19-16(14(21)3)5-7-24-19/h5,7-10,14H,4,6,11H2,1-3H3/p+1/t14-/m0/s1. The van der Waals surface area contributed by atoms with Crippen LogP contribution < -0.4 is 10.5 Å². The molecular formula is C20H22NO2S+. The molecule has 3 aromatic rings. The van der Waals surface area contributed by atoms with Crippen molar-refractivity contribution in [1.82, 2.24) is 0 Å². The van der Waals surface area contributed by atoms with Crippen molar-refractivity contribution in [2.75, 3.05) is 6.54 Å². The Hall–Kier alpha value is -1.91. The topological polar surface area (TPSA) is 34.6 Å². The highest BCUT2D eigenvalue weighted by Gasteiger charge is 2.28. The minimum Gasteiger partial charge on any atom is -0.423 e. The Morgan fingerprint density at radius 1 is 1.25 bits per heavy atom. The molecule has 2 aromatic heterocycles. The smallest absolute Gasteiger partial charge is 0.336 e. The third-order valence-electron chi connectivity index (χ3n) is 5.39. The first-order valence-electron chi connectivity index (χ1n) is 8.48. The van der Waals surface area contributed by atoms with Crippen molar-refractivity contribution < 1.29 is 9.32 Å². The van der Waals surface area contributed by atoms with Gasteiger partial charge in [0.1, 0.15) is 18.2 Å². The molecule has 124 valence electrons. The maximum Gasteiger partial charge on any atom is 0.336 e. The van der Waals surface area contributed by atoms with Crippen LogP contribution in [0, 0.1) is 13.8 Å². The second-order valence-electron chi connectivity index (χ2n) is 6.88. The van der Waals surface area contributed by atoms with Gasteiger partial charge in [-0.05, 0) is 55.5 Å². The summed E-state index contributed by atoms with van der Waals surface area (Å²) < 4.78 is 5.43. The fourth-order valence-electron chi connectivity index (χ4n) is 3.77. The number of fused-ring (bicyclic) bond motifs is 2. The highest BCUT2D eigenvalue weighted by atomic mass is 32.1. The fourth-order valence-corrected chi connectivity index (χ4v) is 4.75. The van der Waals surface area contributed by atoms with Crippen LogP contribution in [0.25, 0.3) is 11.0 Å². The van der Waals surface area contributed by atoms with E-state index >= 15 is 0 Å². The van der Waals surface area contributed by atoms with Crippen LogP contribution in [0.15, 0.2) is 38.9 Å². The molecule has 0 bridgehead atoms.